The molecule has 20 heteroatoms. The number of phenols is 1. The molecule has 8 N–H and O–H groups in total. The third-order valence-corrected chi connectivity index (χ3v) is 9.16. The molecule has 5 aromatic rings. The lowest BCUT2D eigenvalue weighted by atomic mass is 10.1. The van der Waals surface area contributed by atoms with Gasteiger partial charge in [0.15, 0.2) is 12.0 Å². The maximum Gasteiger partial charge on any atom is 0.373 e. The lowest BCUT2D eigenvalue weighted by Gasteiger charge is -2.14. The Hall–Kier alpha value is -5.96. The van der Waals surface area contributed by atoms with Gasteiger partial charge in [-0.1, -0.05) is 18.2 Å². The van der Waals surface area contributed by atoms with Gasteiger partial charge in [0.2, 0.25) is 5.82 Å². The Morgan fingerprint density at radius 1 is 0.787 bits per heavy atom. The highest BCUT2D eigenvalue weighted by atomic mass is 32.2. The molecule has 0 unspecified atom stereocenters. The van der Waals surface area contributed by atoms with Gasteiger partial charge in [-0.25, -0.2) is 26.4 Å². The minimum atomic E-state index is -4.58. The van der Waals surface area contributed by atoms with Crippen molar-refractivity contribution in [3.8, 4) is 5.75 Å². The molecule has 47 heavy (non-hydrogen) atoms. The number of aliphatic hydroxyl groups is 2. The number of carboxylic acids is 2. The third kappa shape index (κ3) is 6.99. The minimum absolute atomic E-state index is 0.0112. The molecule has 0 atom stereocenters. The molecule has 242 valence electrons. The first-order chi connectivity index (χ1) is 22.1. The fraction of sp³-hybridized carbons (Fsp3) is 0.0370. The van der Waals surface area contributed by atoms with Crippen LogP contribution in [0.5, 0.6) is 5.75 Å². The average molecular weight is 684 g/mol. The summed E-state index contributed by atoms with van der Waals surface area (Å²) in [5, 5.41) is 61.1. The SMILES string of the molecule is O=C(O)c1ccc(NS(=O)(=O)c2ccc3cc(S(=O)(=O)Nc4ccc(C(O)O)cc4)c(O)c(N=Nc4n[nH]c(C(=O)O)n4)c3c2)cc1. The van der Waals surface area contributed by atoms with Crippen molar-refractivity contribution in [3.63, 3.8) is 0 Å². The lowest BCUT2D eigenvalue weighted by Crippen LogP contribution is -2.14. The number of aromatic nitrogens is 3. The Morgan fingerprint density at radius 3 is 1.98 bits per heavy atom. The summed E-state index contributed by atoms with van der Waals surface area (Å²) < 4.78 is 57.8. The van der Waals surface area contributed by atoms with Gasteiger partial charge in [0.05, 0.1) is 10.5 Å². The number of fused-ring (bicyclic) bond motifs is 1. The quantitative estimate of drug-likeness (QED) is 0.0734. The maximum absolute atomic E-state index is 13.4. The number of aromatic amines is 1. The molecule has 0 amide bonds. The van der Waals surface area contributed by atoms with Gasteiger partial charge in [0.25, 0.3) is 26.0 Å². The zero-order valence-corrected chi connectivity index (χ0v) is 24.9. The number of phenolic OH excluding ortho intramolecular Hbond substituents is 1. The number of rotatable bonds is 11. The number of anilines is 2. The summed E-state index contributed by atoms with van der Waals surface area (Å²) in [6.07, 6.45) is -1.80. The Morgan fingerprint density at radius 2 is 1.40 bits per heavy atom. The molecule has 0 fully saturated rings. The zero-order chi connectivity index (χ0) is 34.1. The van der Waals surface area contributed by atoms with Crippen LogP contribution in [-0.4, -0.2) is 69.5 Å². The van der Waals surface area contributed by atoms with E-state index in [1.54, 1.807) is 0 Å². The normalized spacial score (nSPS) is 12.1. The van der Waals surface area contributed by atoms with Crippen LogP contribution in [0.2, 0.25) is 0 Å². The van der Waals surface area contributed by atoms with Crippen LogP contribution in [0, 0.1) is 0 Å². The van der Waals surface area contributed by atoms with Crippen molar-refractivity contribution in [3.05, 3.63) is 89.7 Å². The Balaban J connectivity index is 1.60. The van der Waals surface area contributed by atoms with Crippen molar-refractivity contribution in [2.24, 2.45) is 10.2 Å². The van der Waals surface area contributed by atoms with Crippen LogP contribution in [0.25, 0.3) is 10.8 Å². The van der Waals surface area contributed by atoms with Gasteiger partial charge in [-0.05, 0) is 60.0 Å². The predicted octanol–water partition coefficient (Wildman–Crippen LogP) is 3.06. The monoisotopic (exact) mass is 683 g/mol. The van der Waals surface area contributed by atoms with Gasteiger partial charge in [0, 0.05) is 22.3 Å². The lowest BCUT2D eigenvalue weighted by molar-refractivity contribution is -0.0424. The molecule has 0 spiro atoms. The van der Waals surface area contributed by atoms with E-state index in [1.165, 1.54) is 54.6 Å². The summed E-state index contributed by atoms with van der Waals surface area (Å²) in [6.45, 7) is 0. The van der Waals surface area contributed by atoms with E-state index in [-0.39, 0.29) is 38.2 Å². The number of sulfonamides is 2. The van der Waals surface area contributed by atoms with E-state index in [0.29, 0.717) is 0 Å². The standard InChI is InChI=1S/C27H21N7O11S2/c35-22-20(47(44,45)34-17-8-3-14(4-9-17)25(38)39)11-15-5-10-18(46(42,43)33-16-6-1-13(2-7-16)24(36)37)12-19(15)21(22)29-31-27-28-23(26(40)41)30-32-27/h1-12,25,33-35,38-39H,(H,36,37)(H,40,41)(H,28,30,32). The van der Waals surface area contributed by atoms with E-state index < -0.39 is 66.4 Å². The van der Waals surface area contributed by atoms with E-state index >= 15 is 0 Å². The molecule has 5 rings (SSSR count). The van der Waals surface area contributed by atoms with Crippen LogP contribution >= 0.6 is 0 Å². The first-order valence-electron chi connectivity index (χ1n) is 12.9. The number of aromatic carboxylic acids is 2. The molecule has 0 saturated carbocycles. The zero-order valence-electron chi connectivity index (χ0n) is 23.3. The van der Waals surface area contributed by atoms with Crippen LogP contribution < -0.4 is 9.44 Å². The first kappa shape index (κ1) is 32.4. The summed E-state index contributed by atoms with van der Waals surface area (Å²) in [5.74, 6) is -4.76. The number of H-pyrrole nitrogens is 1. The summed E-state index contributed by atoms with van der Waals surface area (Å²) in [7, 11) is -8.93. The number of benzene rings is 4. The molecule has 4 aromatic carbocycles. The van der Waals surface area contributed by atoms with Crippen molar-refractivity contribution >= 4 is 65.8 Å². The van der Waals surface area contributed by atoms with Crippen molar-refractivity contribution in [2.45, 2.75) is 16.1 Å². The molecule has 0 aliphatic heterocycles. The van der Waals surface area contributed by atoms with Crippen LogP contribution in [0.15, 0.2) is 92.8 Å². The Kier molecular flexibility index (Phi) is 8.58. The second kappa shape index (κ2) is 12.4. The molecule has 0 saturated heterocycles. The largest absolute Gasteiger partial charge is 0.504 e. The number of azo groups is 1. The minimum Gasteiger partial charge on any atom is -0.504 e. The third-order valence-electron chi connectivity index (χ3n) is 6.38. The highest BCUT2D eigenvalue weighted by molar-refractivity contribution is 7.93. The van der Waals surface area contributed by atoms with Crippen LogP contribution in [-0.2, 0) is 20.0 Å². The molecular weight excluding hydrogens is 662 g/mol. The molecule has 1 heterocycles. The van der Waals surface area contributed by atoms with Gasteiger partial charge in [0.1, 0.15) is 10.6 Å². The van der Waals surface area contributed by atoms with Crippen LogP contribution in [0.4, 0.5) is 23.0 Å². The number of hydrogen-bond donors (Lipinski definition) is 8. The van der Waals surface area contributed by atoms with Crippen molar-refractivity contribution in [1.82, 2.24) is 15.2 Å². The molecular formula is C27H21N7O11S2. The molecule has 0 bridgehead atoms. The Labute approximate surface area is 263 Å². The molecule has 0 aliphatic rings. The Bertz CT molecular complexity index is 2270. The van der Waals surface area contributed by atoms with Gasteiger partial charge < -0.3 is 25.5 Å². The van der Waals surface area contributed by atoms with E-state index in [1.807, 2.05) is 0 Å². The second-order valence-corrected chi connectivity index (χ2v) is 12.9. The number of aliphatic hydroxyl groups excluding tert-OH is 1. The predicted molar refractivity (Wildman–Crippen MR) is 162 cm³/mol. The number of hydrogen-bond acceptors (Lipinski definition) is 13. The summed E-state index contributed by atoms with van der Waals surface area (Å²) in [5.41, 5.74) is -0.521. The van der Waals surface area contributed by atoms with Gasteiger partial charge in [-0.2, -0.15) is 4.98 Å². The van der Waals surface area contributed by atoms with E-state index in [2.05, 4.69) is 34.9 Å². The smallest absolute Gasteiger partial charge is 0.373 e. The van der Waals surface area contributed by atoms with Gasteiger partial charge >= 0.3 is 11.9 Å². The highest BCUT2D eigenvalue weighted by Gasteiger charge is 2.26. The average Bonchev–Trinajstić information content (AvgIpc) is 3.50. The van der Waals surface area contributed by atoms with Crippen molar-refractivity contribution in [2.75, 3.05) is 9.44 Å². The summed E-state index contributed by atoms with van der Waals surface area (Å²) >= 11 is 0. The molecule has 18 nitrogen and oxygen atoms in total. The second-order valence-electron chi connectivity index (χ2n) is 9.53. The molecule has 0 aliphatic carbocycles. The fourth-order valence-corrected chi connectivity index (χ4v) is 6.38. The summed E-state index contributed by atoms with van der Waals surface area (Å²) in [4.78, 5) is 24.8. The number of aromatic hydroxyl groups is 1. The van der Waals surface area contributed by atoms with E-state index in [0.717, 1.165) is 18.2 Å². The number of nitrogens with one attached hydrogen (secondary N) is 3. The summed E-state index contributed by atoms with van der Waals surface area (Å²) in [6, 6.07) is 14.3. The number of carboxylic acid groups (broad SMARTS) is 2. The van der Waals surface area contributed by atoms with Crippen LogP contribution in [0.1, 0.15) is 32.8 Å². The maximum atomic E-state index is 13.4. The number of nitrogens with zero attached hydrogens (tertiary/aromatic N) is 4. The molecule has 0 radical (unpaired) electrons. The highest BCUT2D eigenvalue weighted by Crippen LogP contribution is 2.42. The fourth-order valence-electron chi connectivity index (χ4n) is 4.11. The van der Waals surface area contributed by atoms with Gasteiger partial charge in [-0.3, -0.25) is 14.5 Å². The van der Waals surface area contributed by atoms with Crippen molar-refractivity contribution < 1.29 is 52.0 Å². The van der Waals surface area contributed by atoms with E-state index in [4.69, 9.17) is 10.2 Å². The first-order valence-corrected chi connectivity index (χ1v) is 15.8. The topological polar surface area (TPSA) is 294 Å². The number of carbonyl (C=O) groups is 2. The van der Waals surface area contributed by atoms with Crippen LogP contribution in [0.3, 0.4) is 0 Å². The van der Waals surface area contributed by atoms with Crippen molar-refractivity contribution in [1.29, 1.82) is 0 Å². The van der Waals surface area contributed by atoms with Gasteiger partial charge in [-0.15, -0.1) is 15.3 Å². The molecule has 1 aromatic heterocycles. The van der Waals surface area contributed by atoms with E-state index in [9.17, 15) is 41.7 Å².